The quantitative estimate of drug-likeness (QED) is 0.767. The molecule has 0 bridgehead atoms. The maximum atomic E-state index is 10.4. The van der Waals surface area contributed by atoms with Crippen molar-refractivity contribution in [2.45, 2.75) is 25.9 Å². The molecule has 0 aromatic heterocycles. The maximum Gasteiger partial charge on any atom is 0.307 e. The molecule has 14 heavy (non-hydrogen) atoms. The van der Waals surface area contributed by atoms with Crippen molar-refractivity contribution in [3.8, 4) is 0 Å². The predicted molar refractivity (Wildman–Crippen MR) is 53.0 cm³/mol. The Labute approximate surface area is 83.0 Å². The van der Waals surface area contributed by atoms with E-state index >= 15 is 0 Å². The summed E-state index contributed by atoms with van der Waals surface area (Å²) in [4.78, 5) is 10.4. The fourth-order valence-corrected chi connectivity index (χ4v) is 1.21. The van der Waals surface area contributed by atoms with Crippen LogP contribution in [0.3, 0.4) is 0 Å². The molecule has 0 unspecified atom stereocenters. The summed E-state index contributed by atoms with van der Waals surface area (Å²) in [6.07, 6.45) is 0.0200. The van der Waals surface area contributed by atoms with Gasteiger partial charge < -0.3 is 10.2 Å². The van der Waals surface area contributed by atoms with E-state index < -0.39 is 11.6 Å². The first-order chi connectivity index (χ1) is 6.39. The molecule has 0 aliphatic carbocycles. The Morgan fingerprint density at radius 2 is 1.79 bits per heavy atom. The highest BCUT2D eigenvalue weighted by Gasteiger charge is 2.15. The zero-order chi connectivity index (χ0) is 10.8. The van der Waals surface area contributed by atoms with Gasteiger partial charge in [-0.25, -0.2) is 0 Å². The minimum absolute atomic E-state index is 0.0200. The van der Waals surface area contributed by atoms with Crippen LogP contribution in [0, 0.1) is 0 Å². The van der Waals surface area contributed by atoms with Crippen LogP contribution in [0.5, 0.6) is 0 Å². The molecule has 76 valence electrons. The highest BCUT2D eigenvalue weighted by molar-refractivity contribution is 5.70. The van der Waals surface area contributed by atoms with Crippen LogP contribution in [0.15, 0.2) is 24.3 Å². The third-order valence-electron chi connectivity index (χ3n) is 2.02. The summed E-state index contributed by atoms with van der Waals surface area (Å²) in [5.74, 6) is -0.846. The van der Waals surface area contributed by atoms with Crippen molar-refractivity contribution in [3.63, 3.8) is 0 Å². The second-order valence-corrected chi connectivity index (χ2v) is 3.83. The lowest BCUT2D eigenvalue weighted by atomic mass is 9.97. The van der Waals surface area contributed by atoms with Crippen LogP contribution in [0.2, 0.25) is 0 Å². The third kappa shape index (κ3) is 2.85. The SMILES string of the molecule is CC(C)(O)c1ccc(CC(=O)O)cc1. The number of carbonyl (C=O) groups is 1. The fourth-order valence-electron chi connectivity index (χ4n) is 1.21. The highest BCUT2D eigenvalue weighted by Crippen LogP contribution is 2.19. The predicted octanol–water partition coefficient (Wildman–Crippen LogP) is 1.54. The van der Waals surface area contributed by atoms with E-state index in [0.29, 0.717) is 0 Å². The Morgan fingerprint density at radius 1 is 1.29 bits per heavy atom. The van der Waals surface area contributed by atoms with Gasteiger partial charge in [0, 0.05) is 0 Å². The van der Waals surface area contributed by atoms with Gasteiger partial charge in [-0.1, -0.05) is 24.3 Å². The number of aliphatic carboxylic acids is 1. The standard InChI is InChI=1S/C11H14O3/c1-11(2,14)9-5-3-8(4-6-9)7-10(12)13/h3-6,14H,7H2,1-2H3,(H,12,13). The van der Waals surface area contributed by atoms with E-state index in [2.05, 4.69) is 0 Å². The number of carboxylic acid groups (broad SMARTS) is 1. The summed E-state index contributed by atoms with van der Waals surface area (Å²) in [5, 5.41) is 18.2. The van der Waals surface area contributed by atoms with Crippen molar-refractivity contribution >= 4 is 5.97 Å². The molecule has 3 nitrogen and oxygen atoms in total. The van der Waals surface area contributed by atoms with Crippen LogP contribution in [0.4, 0.5) is 0 Å². The van der Waals surface area contributed by atoms with Gasteiger partial charge in [-0.3, -0.25) is 4.79 Å². The van der Waals surface area contributed by atoms with E-state index in [4.69, 9.17) is 5.11 Å². The molecule has 0 radical (unpaired) electrons. The lowest BCUT2D eigenvalue weighted by molar-refractivity contribution is -0.136. The molecule has 0 saturated carbocycles. The van der Waals surface area contributed by atoms with Crippen molar-refractivity contribution < 1.29 is 15.0 Å². The zero-order valence-corrected chi connectivity index (χ0v) is 8.32. The van der Waals surface area contributed by atoms with Gasteiger partial charge in [-0.15, -0.1) is 0 Å². The van der Waals surface area contributed by atoms with E-state index in [-0.39, 0.29) is 6.42 Å². The number of hydrogen-bond donors (Lipinski definition) is 2. The normalized spacial score (nSPS) is 11.4. The topological polar surface area (TPSA) is 57.5 Å². The van der Waals surface area contributed by atoms with Crippen LogP contribution in [0.1, 0.15) is 25.0 Å². The number of rotatable bonds is 3. The van der Waals surface area contributed by atoms with E-state index in [9.17, 15) is 9.90 Å². The van der Waals surface area contributed by atoms with Crippen LogP contribution in [-0.4, -0.2) is 16.2 Å². The third-order valence-corrected chi connectivity index (χ3v) is 2.02. The molecule has 0 fully saturated rings. The molecule has 0 saturated heterocycles. The summed E-state index contributed by atoms with van der Waals surface area (Å²) in [7, 11) is 0. The molecule has 2 N–H and O–H groups in total. The highest BCUT2D eigenvalue weighted by atomic mass is 16.4. The molecule has 0 aliphatic rings. The van der Waals surface area contributed by atoms with Gasteiger partial charge in [-0.2, -0.15) is 0 Å². The van der Waals surface area contributed by atoms with Crippen molar-refractivity contribution in [2.24, 2.45) is 0 Å². The average Bonchev–Trinajstić information content (AvgIpc) is 2.02. The second-order valence-electron chi connectivity index (χ2n) is 3.83. The van der Waals surface area contributed by atoms with E-state index in [1.165, 1.54) is 0 Å². The van der Waals surface area contributed by atoms with Gasteiger partial charge in [0.25, 0.3) is 0 Å². The van der Waals surface area contributed by atoms with Gasteiger partial charge in [0.05, 0.1) is 12.0 Å². The summed E-state index contributed by atoms with van der Waals surface area (Å²) in [6, 6.07) is 6.94. The summed E-state index contributed by atoms with van der Waals surface area (Å²) in [5.41, 5.74) is 0.652. The molecule has 1 aromatic carbocycles. The molecule has 0 aliphatic heterocycles. The minimum Gasteiger partial charge on any atom is -0.481 e. The first-order valence-corrected chi connectivity index (χ1v) is 4.43. The molecule has 1 rings (SSSR count). The van der Waals surface area contributed by atoms with Crippen molar-refractivity contribution in [1.29, 1.82) is 0 Å². The Morgan fingerprint density at radius 3 is 2.14 bits per heavy atom. The number of carboxylic acids is 1. The number of aliphatic hydroxyl groups is 1. The molecule has 0 amide bonds. The maximum absolute atomic E-state index is 10.4. The molecule has 1 aromatic rings. The number of benzene rings is 1. The Hall–Kier alpha value is -1.35. The Bertz CT molecular complexity index is 319. The van der Waals surface area contributed by atoms with Crippen molar-refractivity contribution in [3.05, 3.63) is 35.4 Å². The summed E-state index contributed by atoms with van der Waals surface area (Å²) in [6.45, 7) is 3.39. The minimum atomic E-state index is -0.873. The monoisotopic (exact) mass is 194 g/mol. The molecule has 0 spiro atoms. The van der Waals surface area contributed by atoms with Crippen LogP contribution in [-0.2, 0) is 16.8 Å². The van der Waals surface area contributed by atoms with Crippen LogP contribution >= 0.6 is 0 Å². The summed E-state index contributed by atoms with van der Waals surface area (Å²) >= 11 is 0. The average molecular weight is 194 g/mol. The van der Waals surface area contributed by atoms with Gasteiger partial charge in [0.15, 0.2) is 0 Å². The Balaban J connectivity index is 2.84. The van der Waals surface area contributed by atoms with Gasteiger partial charge >= 0.3 is 5.97 Å². The largest absolute Gasteiger partial charge is 0.481 e. The van der Waals surface area contributed by atoms with Gasteiger partial charge in [-0.05, 0) is 25.0 Å². The lowest BCUT2D eigenvalue weighted by Crippen LogP contribution is -2.15. The molecule has 0 atom stereocenters. The lowest BCUT2D eigenvalue weighted by Gasteiger charge is -2.17. The van der Waals surface area contributed by atoms with Crippen LogP contribution < -0.4 is 0 Å². The smallest absolute Gasteiger partial charge is 0.307 e. The second kappa shape index (κ2) is 3.80. The van der Waals surface area contributed by atoms with E-state index in [0.717, 1.165) is 11.1 Å². The van der Waals surface area contributed by atoms with Gasteiger partial charge in [0.2, 0.25) is 0 Å². The Kier molecular flexibility index (Phi) is 2.91. The molecule has 0 heterocycles. The zero-order valence-electron chi connectivity index (χ0n) is 8.32. The first-order valence-electron chi connectivity index (χ1n) is 4.43. The van der Waals surface area contributed by atoms with E-state index in [1.807, 2.05) is 0 Å². The van der Waals surface area contributed by atoms with Crippen molar-refractivity contribution in [1.82, 2.24) is 0 Å². The number of hydrogen-bond acceptors (Lipinski definition) is 2. The fraction of sp³-hybridized carbons (Fsp3) is 0.364. The first kappa shape index (κ1) is 10.7. The molecule has 3 heteroatoms. The van der Waals surface area contributed by atoms with Gasteiger partial charge in [0.1, 0.15) is 0 Å². The molecular weight excluding hydrogens is 180 g/mol. The molecular formula is C11H14O3. The van der Waals surface area contributed by atoms with Crippen LogP contribution in [0.25, 0.3) is 0 Å². The van der Waals surface area contributed by atoms with E-state index in [1.54, 1.807) is 38.1 Å². The van der Waals surface area contributed by atoms with Crippen molar-refractivity contribution in [2.75, 3.05) is 0 Å². The summed E-state index contributed by atoms with van der Waals surface area (Å²) < 4.78 is 0.